The lowest BCUT2D eigenvalue weighted by atomic mass is 9.85. The van der Waals surface area contributed by atoms with E-state index < -0.39 is 0 Å². The predicted molar refractivity (Wildman–Crippen MR) is 335 cm³/mol. The zero-order valence-electron chi connectivity index (χ0n) is 42.6. The summed E-state index contributed by atoms with van der Waals surface area (Å²) < 4.78 is 0. The third-order valence-corrected chi connectivity index (χ3v) is 17.5. The van der Waals surface area contributed by atoms with Crippen LogP contribution in [0.1, 0.15) is 11.1 Å². The van der Waals surface area contributed by atoms with Crippen LogP contribution in [0.2, 0.25) is 0 Å². The van der Waals surface area contributed by atoms with Crippen LogP contribution < -0.4 is 0 Å². The van der Waals surface area contributed by atoms with E-state index in [0.29, 0.717) is 12.8 Å². The molecule has 18 rings (SSSR count). The fraction of sp³-hybridized carbons (Fsp3) is 0.0260. The number of carbonyl (C=O) groups is 1. The summed E-state index contributed by atoms with van der Waals surface area (Å²) in [6.45, 7) is 0. The summed E-state index contributed by atoms with van der Waals surface area (Å²) in [5, 5.41) is 34.8. The maximum atomic E-state index is 11.8. The van der Waals surface area contributed by atoms with Crippen molar-refractivity contribution in [3.8, 4) is 22.3 Å². The van der Waals surface area contributed by atoms with Gasteiger partial charge in [-0.25, -0.2) is 0 Å². The van der Waals surface area contributed by atoms with Gasteiger partial charge in [-0.15, -0.1) is 0 Å². The van der Waals surface area contributed by atoms with E-state index >= 15 is 0 Å². The molecule has 0 N–H and O–H groups in total. The van der Waals surface area contributed by atoms with Crippen molar-refractivity contribution in [3.05, 3.63) is 266 Å². The van der Waals surface area contributed by atoms with Crippen LogP contribution in [0.25, 0.3) is 162 Å². The smallest absolute Gasteiger partial charge is 0.141 e. The van der Waals surface area contributed by atoms with Crippen molar-refractivity contribution in [1.82, 2.24) is 0 Å². The fourth-order valence-corrected chi connectivity index (χ4v) is 14.4. The van der Waals surface area contributed by atoms with Gasteiger partial charge in [0.2, 0.25) is 0 Å². The van der Waals surface area contributed by atoms with E-state index in [4.69, 9.17) is 0 Å². The van der Waals surface area contributed by atoms with Gasteiger partial charge in [-0.1, -0.05) is 243 Å². The van der Waals surface area contributed by atoms with Gasteiger partial charge in [-0.2, -0.15) is 0 Å². The topological polar surface area (TPSA) is 17.1 Å². The molecule has 0 radical (unpaired) electrons. The molecule has 0 aliphatic carbocycles. The van der Waals surface area contributed by atoms with Crippen molar-refractivity contribution >= 4 is 146 Å². The zero-order valence-corrected chi connectivity index (χ0v) is 42.6. The third kappa shape index (κ3) is 6.10. The molecule has 0 unspecified atom stereocenters. The number of hydrogen-bond donors (Lipinski definition) is 0. The van der Waals surface area contributed by atoms with Crippen molar-refractivity contribution in [2.45, 2.75) is 12.8 Å². The summed E-state index contributed by atoms with van der Waals surface area (Å²) in [5.41, 5.74) is 7.30. The molecular formula is C77H46O. The normalized spacial score (nSPS) is 12.3. The van der Waals surface area contributed by atoms with E-state index in [2.05, 4.69) is 194 Å². The molecule has 18 aromatic rings. The first-order chi connectivity index (χ1) is 38.6. The van der Waals surface area contributed by atoms with Gasteiger partial charge in [-0.05, 0) is 186 Å². The Labute approximate surface area is 449 Å². The number of ketones is 1. The molecule has 0 spiro atoms. The minimum Gasteiger partial charge on any atom is -0.299 e. The molecular weight excluding hydrogens is 941 g/mol. The number of carbonyl (C=O) groups excluding carboxylic acids is 1. The Morgan fingerprint density at radius 3 is 0.846 bits per heavy atom. The van der Waals surface area contributed by atoms with Crippen LogP contribution >= 0.6 is 0 Å². The lowest BCUT2D eigenvalue weighted by molar-refractivity contribution is -0.117. The molecule has 0 aliphatic rings. The first-order valence-electron chi connectivity index (χ1n) is 27.3. The zero-order chi connectivity index (χ0) is 51.2. The molecule has 0 aliphatic heterocycles. The minimum atomic E-state index is 0.261. The molecule has 1 nitrogen and oxygen atoms in total. The van der Waals surface area contributed by atoms with Crippen LogP contribution in [0.3, 0.4) is 0 Å². The van der Waals surface area contributed by atoms with Crippen LogP contribution in [0, 0.1) is 0 Å². The van der Waals surface area contributed by atoms with Gasteiger partial charge >= 0.3 is 0 Å². The summed E-state index contributed by atoms with van der Waals surface area (Å²) in [5.74, 6) is 0.261. The van der Waals surface area contributed by atoms with Crippen LogP contribution in [-0.2, 0) is 17.6 Å². The lowest BCUT2D eigenvalue weighted by Crippen LogP contribution is -2.06. The summed E-state index contributed by atoms with van der Waals surface area (Å²) in [6, 6.07) is 93.8. The molecule has 1 heteroatoms. The first-order valence-corrected chi connectivity index (χ1v) is 27.3. The van der Waals surface area contributed by atoms with Crippen LogP contribution in [0.4, 0.5) is 0 Å². The largest absolute Gasteiger partial charge is 0.299 e. The Bertz CT molecular complexity index is 5090. The van der Waals surface area contributed by atoms with Crippen molar-refractivity contribution in [2.75, 3.05) is 0 Å². The monoisotopic (exact) mass is 986 g/mol. The minimum absolute atomic E-state index is 0.261. The molecule has 0 atom stereocenters. The predicted octanol–water partition coefficient (Wildman–Crippen LogP) is 20.8. The summed E-state index contributed by atoms with van der Waals surface area (Å²) in [7, 11) is 0. The number of hydrogen-bond acceptors (Lipinski definition) is 1. The van der Waals surface area contributed by atoms with E-state index in [-0.39, 0.29) is 5.78 Å². The second-order valence-corrected chi connectivity index (χ2v) is 21.6. The van der Waals surface area contributed by atoms with E-state index in [1.807, 2.05) is 60.7 Å². The average Bonchev–Trinajstić information content (AvgIpc) is 4.02. The number of Topliss-reactive ketones (excluding diaryl/α,β-unsaturated/α-hetero) is 1. The van der Waals surface area contributed by atoms with Gasteiger partial charge in [0, 0.05) is 12.8 Å². The maximum Gasteiger partial charge on any atom is 0.141 e. The highest BCUT2D eigenvalue weighted by Gasteiger charge is 2.27. The molecule has 0 heterocycles. The molecule has 0 fully saturated rings. The lowest BCUT2D eigenvalue weighted by Gasteiger charge is -2.17. The van der Waals surface area contributed by atoms with Gasteiger partial charge in [0.05, 0.1) is 0 Å². The Morgan fingerprint density at radius 2 is 0.500 bits per heavy atom. The van der Waals surface area contributed by atoms with E-state index in [1.54, 1.807) is 0 Å². The molecule has 78 heavy (non-hydrogen) atoms. The Hall–Kier alpha value is -9.95. The first kappa shape index (κ1) is 43.3. The van der Waals surface area contributed by atoms with Gasteiger partial charge in [0.25, 0.3) is 0 Å². The second-order valence-electron chi connectivity index (χ2n) is 21.6. The van der Waals surface area contributed by atoms with Gasteiger partial charge in [-0.3, -0.25) is 4.79 Å². The molecule has 0 aromatic heterocycles. The quantitative estimate of drug-likeness (QED) is 0.120. The van der Waals surface area contributed by atoms with Gasteiger partial charge in [0.1, 0.15) is 5.78 Å². The highest BCUT2D eigenvalue weighted by atomic mass is 16.1. The third-order valence-electron chi connectivity index (χ3n) is 17.5. The number of benzene rings is 16. The van der Waals surface area contributed by atoms with Crippen molar-refractivity contribution in [1.29, 1.82) is 0 Å². The maximum absolute atomic E-state index is 11.8. The Balaban J connectivity index is 0.000000266. The van der Waals surface area contributed by atoms with Crippen LogP contribution in [-0.4, -0.2) is 5.78 Å². The Morgan fingerprint density at radius 1 is 0.218 bits per heavy atom. The van der Waals surface area contributed by atoms with E-state index in [9.17, 15) is 4.79 Å². The molecule has 0 saturated carbocycles. The van der Waals surface area contributed by atoms with Gasteiger partial charge in [0.15, 0.2) is 0 Å². The van der Waals surface area contributed by atoms with Crippen LogP contribution in [0.15, 0.2) is 255 Å². The molecule has 0 bridgehead atoms. The SMILES string of the molecule is O=C(Cc1ccccc1)Cc1ccccc1.c1ccc(-c2c3cc4c(cc3c(-c3ccccc3)c3c5ccc6c7cccc8cccc(c9ccc(c23)c5c96)c87)c2ccc3c5cccc6cccc(c7ccc4c2c73)c65)cc1. The second kappa shape index (κ2) is 16.5. The summed E-state index contributed by atoms with van der Waals surface area (Å²) >= 11 is 0. The number of rotatable bonds is 6. The standard InChI is InChI=1S/C62H32.C15H14O/c1-3-11-35(12-4-1)55-51-31-49-45-25-23-41-37-19-7-15-33-16-8-20-38(53(33)37)42-24-26-46(59(45)57(41)42)50(49)32-52(51)56(36-13-5-2-6-14-36)62-48-30-28-44-40-22-10-18-34-17-9-21-39(54(34)40)43-27-29-47(61(55)62)60(48)58(43)44;16-15(11-13-7-3-1-4-8-13)12-14-9-5-2-6-10-14/h1-32H;1-10H,11-12H2. The highest BCUT2D eigenvalue weighted by molar-refractivity contribution is 6.48. The molecule has 0 amide bonds. The van der Waals surface area contributed by atoms with Crippen molar-refractivity contribution < 1.29 is 4.79 Å². The summed E-state index contributed by atoms with van der Waals surface area (Å²) in [6.07, 6.45) is 1.05. The molecule has 360 valence electrons. The average molecular weight is 987 g/mol. The van der Waals surface area contributed by atoms with Crippen molar-refractivity contribution in [2.24, 2.45) is 0 Å². The number of fused-ring (bicyclic) bond motifs is 11. The van der Waals surface area contributed by atoms with Gasteiger partial charge < -0.3 is 0 Å². The molecule has 0 saturated heterocycles. The molecule has 18 aromatic carbocycles. The fourth-order valence-electron chi connectivity index (χ4n) is 14.4. The van der Waals surface area contributed by atoms with E-state index in [1.165, 1.54) is 162 Å². The highest BCUT2D eigenvalue weighted by Crippen LogP contribution is 2.56. The Kier molecular flexibility index (Phi) is 9.17. The summed E-state index contributed by atoms with van der Waals surface area (Å²) in [4.78, 5) is 11.8. The van der Waals surface area contributed by atoms with Crippen molar-refractivity contribution in [3.63, 3.8) is 0 Å². The van der Waals surface area contributed by atoms with Crippen LogP contribution in [0.5, 0.6) is 0 Å². The van der Waals surface area contributed by atoms with E-state index in [0.717, 1.165) is 11.1 Å².